The summed E-state index contributed by atoms with van der Waals surface area (Å²) in [6, 6.07) is 8.64. The highest BCUT2D eigenvalue weighted by molar-refractivity contribution is 5.70. The highest BCUT2D eigenvalue weighted by Gasteiger charge is 2.31. The fraction of sp³-hybridized carbons (Fsp3) is 0.562. The van der Waals surface area contributed by atoms with Gasteiger partial charge in [0.1, 0.15) is 5.75 Å². The average molecular weight is 275 g/mol. The molecule has 1 aromatic carbocycles. The third kappa shape index (κ3) is 2.66. The number of benzene rings is 1. The number of para-hydroxylation sites is 1. The van der Waals surface area contributed by atoms with Crippen LogP contribution in [0, 0.1) is 5.92 Å². The van der Waals surface area contributed by atoms with Gasteiger partial charge < -0.3 is 9.84 Å². The summed E-state index contributed by atoms with van der Waals surface area (Å²) in [6.45, 7) is 2.52. The molecule has 1 aromatic rings. The third-order valence-electron chi connectivity index (χ3n) is 4.48. The van der Waals surface area contributed by atoms with Gasteiger partial charge in [-0.15, -0.1) is 0 Å². The minimum absolute atomic E-state index is 0.163. The number of likely N-dealkylation sites (tertiary alicyclic amines) is 1. The molecule has 0 amide bonds. The normalized spacial score (nSPS) is 24.5. The molecule has 0 bridgehead atoms. The maximum absolute atomic E-state index is 11.1. The summed E-state index contributed by atoms with van der Waals surface area (Å²) in [4.78, 5) is 13.5. The second-order valence-electron chi connectivity index (χ2n) is 5.69. The van der Waals surface area contributed by atoms with Crippen LogP contribution in [-0.4, -0.2) is 35.7 Å². The minimum Gasteiger partial charge on any atom is -0.493 e. The molecule has 0 radical (unpaired) electrons. The number of aliphatic carboxylic acids is 1. The first-order chi connectivity index (χ1) is 9.75. The molecule has 0 aromatic heterocycles. The number of carboxylic acids is 1. The van der Waals surface area contributed by atoms with Gasteiger partial charge in [-0.05, 0) is 44.8 Å². The van der Waals surface area contributed by atoms with Crippen molar-refractivity contribution in [2.45, 2.75) is 31.7 Å². The highest BCUT2D eigenvalue weighted by atomic mass is 16.5. The Balaban J connectivity index is 1.76. The summed E-state index contributed by atoms with van der Waals surface area (Å²) in [5, 5.41) is 9.10. The van der Waals surface area contributed by atoms with Crippen LogP contribution in [0.3, 0.4) is 0 Å². The maximum atomic E-state index is 11.1. The zero-order valence-electron chi connectivity index (χ0n) is 11.6. The first-order valence-electron chi connectivity index (χ1n) is 7.44. The fourth-order valence-corrected chi connectivity index (χ4v) is 3.34. The number of piperidine rings is 1. The van der Waals surface area contributed by atoms with Crippen LogP contribution in [0.25, 0.3) is 0 Å². The molecule has 0 spiro atoms. The molecule has 2 aliphatic heterocycles. The molecule has 0 saturated carbocycles. The lowest BCUT2D eigenvalue weighted by molar-refractivity contribution is -0.143. The summed E-state index contributed by atoms with van der Waals surface area (Å²) in [6.07, 6.45) is 3.66. The molecule has 1 fully saturated rings. The monoisotopic (exact) mass is 275 g/mol. The summed E-state index contributed by atoms with van der Waals surface area (Å²) >= 11 is 0. The summed E-state index contributed by atoms with van der Waals surface area (Å²) < 4.78 is 5.81. The third-order valence-corrected chi connectivity index (χ3v) is 4.48. The Morgan fingerprint density at radius 1 is 1.20 bits per heavy atom. The highest BCUT2D eigenvalue weighted by Crippen LogP contribution is 2.37. The number of ether oxygens (including phenoxy) is 1. The van der Waals surface area contributed by atoms with Crippen LogP contribution < -0.4 is 4.74 Å². The molecule has 2 aliphatic rings. The Labute approximate surface area is 119 Å². The van der Waals surface area contributed by atoms with Crippen molar-refractivity contribution in [3.05, 3.63) is 29.8 Å². The number of nitrogens with zero attached hydrogens (tertiary/aromatic N) is 1. The van der Waals surface area contributed by atoms with E-state index in [1.807, 2.05) is 12.1 Å². The lowest BCUT2D eigenvalue weighted by Gasteiger charge is -2.36. The number of hydrogen-bond donors (Lipinski definition) is 1. The largest absolute Gasteiger partial charge is 0.493 e. The van der Waals surface area contributed by atoms with Gasteiger partial charge in [0, 0.05) is 11.6 Å². The zero-order valence-corrected chi connectivity index (χ0v) is 11.6. The van der Waals surface area contributed by atoms with E-state index in [1.54, 1.807) is 0 Å². The van der Waals surface area contributed by atoms with Crippen LogP contribution in [0.2, 0.25) is 0 Å². The van der Waals surface area contributed by atoms with E-state index in [1.165, 1.54) is 5.56 Å². The van der Waals surface area contributed by atoms with Gasteiger partial charge in [0.25, 0.3) is 0 Å². The molecule has 108 valence electrons. The van der Waals surface area contributed by atoms with Crippen LogP contribution in [0.1, 0.15) is 37.3 Å². The van der Waals surface area contributed by atoms with E-state index < -0.39 is 5.97 Å². The van der Waals surface area contributed by atoms with E-state index in [-0.39, 0.29) is 5.92 Å². The van der Waals surface area contributed by atoms with Crippen molar-refractivity contribution in [2.24, 2.45) is 5.92 Å². The standard InChI is InChI=1S/C16H21NO3/c18-16(19)12-7-9-17(10-8-12)14-5-3-11-20-15-6-2-1-4-13(14)15/h1-2,4,6,12,14H,3,5,7-11H2,(H,18,19). The summed E-state index contributed by atoms with van der Waals surface area (Å²) in [7, 11) is 0. The molecule has 2 heterocycles. The van der Waals surface area contributed by atoms with Crippen molar-refractivity contribution in [3.63, 3.8) is 0 Å². The number of carbonyl (C=O) groups is 1. The SMILES string of the molecule is O=C(O)C1CCN(C2CCCOc3ccccc32)CC1. The van der Waals surface area contributed by atoms with Crippen molar-refractivity contribution in [3.8, 4) is 5.75 Å². The van der Waals surface area contributed by atoms with Crippen molar-refractivity contribution in [1.29, 1.82) is 0 Å². The Morgan fingerprint density at radius 3 is 2.70 bits per heavy atom. The Kier molecular flexibility index (Phi) is 3.92. The van der Waals surface area contributed by atoms with Gasteiger partial charge in [0.05, 0.1) is 12.5 Å². The topological polar surface area (TPSA) is 49.8 Å². The van der Waals surface area contributed by atoms with E-state index in [4.69, 9.17) is 9.84 Å². The minimum atomic E-state index is -0.644. The zero-order chi connectivity index (χ0) is 13.9. The molecular weight excluding hydrogens is 254 g/mol. The molecule has 1 atom stereocenters. The van der Waals surface area contributed by atoms with Gasteiger partial charge in [-0.2, -0.15) is 0 Å². The molecule has 20 heavy (non-hydrogen) atoms. The summed E-state index contributed by atoms with van der Waals surface area (Å²) in [5.74, 6) is 0.188. The number of carboxylic acid groups (broad SMARTS) is 1. The molecule has 1 unspecified atom stereocenters. The van der Waals surface area contributed by atoms with Gasteiger partial charge in [-0.1, -0.05) is 18.2 Å². The van der Waals surface area contributed by atoms with Crippen molar-refractivity contribution in [2.75, 3.05) is 19.7 Å². The summed E-state index contributed by atoms with van der Waals surface area (Å²) in [5.41, 5.74) is 1.26. The van der Waals surface area contributed by atoms with Crippen LogP contribution in [0.4, 0.5) is 0 Å². The lowest BCUT2D eigenvalue weighted by atomic mass is 9.93. The lowest BCUT2D eigenvalue weighted by Crippen LogP contribution is -2.38. The smallest absolute Gasteiger partial charge is 0.306 e. The van der Waals surface area contributed by atoms with Gasteiger partial charge in [-0.3, -0.25) is 9.69 Å². The van der Waals surface area contributed by atoms with Crippen LogP contribution in [0.15, 0.2) is 24.3 Å². The van der Waals surface area contributed by atoms with Gasteiger partial charge in [0.15, 0.2) is 0 Å². The number of hydrogen-bond acceptors (Lipinski definition) is 3. The van der Waals surface area contributed by atoms with Crippen molar-refractivity contribution < 1.29 is 14.6 Å². The van der Waals surface area contributed by atoms with E-state index in [9.17, 15) is 4.79 Å². The van der Waals surface area contributed by atoms with E-state index in [2.05, 4.69) is 17.0 Å². The van der Waals surface area contributed by atoms with Crippen LogP contribution >= 0.6 is 0 Å². The van der Waals surface area contributed by atoms with Crippen LogP contribution in [-0.2, 0) is 4.79 Å². The van der Waals surface area contributed by atoms with Crippen molar-refractivity contribution in [1.82, 2.24) is 4.90 Å². The molecule has 1 saturated heterocycles. The number of fused-ring (bicyclic) bond motifs is 1. The second kappa shape index (κ2) is 5.83. The van der Waals surface area contributed by atoms with Gasteiger partial charge in [-0.25, -0.2) is 0 Å². The van der Waals surface area contributed by atoms with Gasteiger partial charge in [0.2, 0.25) is 0 Å². The Bertz CT molecular complexity index is 480. The average Bonchev–Trinajstić information content (AvgIpc) is 2.69. The maximum Gasteiger partial charge on any atom is 0.306 e. The van der Waals surface area contributed by atoms with E-state index in [0.29, 0.717) is 6.04 Å². The van der Waals surface area contributed by atoms with E-state index in [0.717, 1.165) is 51.1 Å². The molecule has 4 heteroatoms. The first kappa shape index (κ1) is 13.4. The second-order valence-corrected chi connectivity index (χ2v) is 5.69. The fourth-order valence-electron chi connectivity index (χ4n) is 3.34. The van der Waals surface area contributed by atoms with E-state index >= 15 is 0 Å². The molecule has 1 N–H and O–H groups in total. The number of rotatable bonds is 2. The predicted octanol–water partition coefficient (Wildman–Crippen LogP) is 2.70. The van der Waals surface area contributed by atoms with Gasteiger partial charge >= 0.3 is 5.97 Å². The molecule has 4 nitrogen and oxygen atoms in total. The first-order valence-corrected chi connectivity index (χ1v) is 7.44. The molecule has 3 rings (SSSR count). The predicted molar refractivity (Wildman–Crippen MR) is 75.8 cm³/mol. The quantitative estimate of drug-likeness (QED) is 0.901. The van der Waals surface area contributed by atoms with Crippen LogP contribution in [0.5, 0.6) is 5.75 Å². The Morgan fingerprint density at radius 2 is 1.95 bits per heavy atom. The molecular formula is C16H21NO3. The Hall–Kier alpha value is -1.55. The molecule has 0 aliphatic carbocycles. The van der Waals surface area contributed by atoms with Crippen molar-refractivity contribution >= 4 is 5.97 Å².